The predicted molar refractivity (Wildman–Crippen MR) is 104 cm³/mol. The van der Waals surface area contributed by atoms with Gasteiger partial charge >= 0.3 is 6.09 Å². The normalized spacial score (nSPS) is 10.8. The van der Waals surface area contributed by atoms with E-state index in [-0.39, 0.29) is 18.4 Å². The van der Waals surface area contributed by atoms with Gasteiger partial charge in [0, 0.05) is 19.5 Å². The van der Waals surface area contributed by atoms with Gasteiger partial charge < -0.3 is 20.7 Å². The molecule has 27 heavy (non-hydrogen) atoms. The second-order valence-electron chi connectivity index (χ2n) is 7.34. The zero-order chi connectivity index (χ0) is 20.3. The second kappa shape index (κ2) is 11.2. The predicted octanol–water partition coefficient (Wildman–Crippen LogP) is 2.07. The van der Waals surface area contributed by atoms with Gasteiger partial charge in [-0.05, 0) is 51.7 Å². The van der Waals surface area contributed by atoms with Crippen molar-refractivity contribution in [3.63, 3.8) is 0 Å². The van der Waals surface area contributed by atoms with E-state index in [1.807, 2.05) is 31.2 Å². The van der Waals surface area contributed by atoms with E-state index in [0.717, 1.165) is 0 Å². The molecule has 0 aromatic heterocycles. The van der Waals surface area contributed by atoms with Crippen molar-refractivity contribution in [3.05, 3.63) is 35.4 Å². The molecule has 0 saturated carbocycles. The molecule has 0 saturated heterocycles. The first-order valence-corrected chi connectivity index (χ1v) is 9.22. The summed E-state index contributed by atoms with van der Waals surface area (Å²) >= 11 is 0. The summed E-state index contributed by atoms with van der Waals surface area (Å²) in [6.45, 7) is 8.07. The molecule has 3 amide bonds. The first-order valence-electron chi connectivity index (χ1n) is 9.22. The van der Waals surface area contributed by atoms with Crippen LogP contribution in [0.25, 0.3) is 0 Å². The fourth-order valence-electron chi connectivity index (χ4n) is 2.30. The Morgan fingerprint density at radius 3 is 2.22 bits per heavy atom. The molecule has 1 rings (SSSR count). The van der Waals surface area contributed by atoms with Gasteiger partial charge in [0.25, 0.3) is 0 Å². The highest BCUT2D eigenvalue weighted by Crippen LogP contribution is 2.09. The summed E-state index contributed by atoms with van der Waals surface area (Å²) in [5, 5.41) is 7.91. The van der Waals surface area contributed by atoms with Crippen LogP contribution in [0.3, 0.4) is 0 Å². The molecule has 7 nitrogen and oxygen atoms in total. The Kier molecular flexibility index (Phi) is 9.33. The molecule has 0 aliphatic heterocycles. The molecular weight excluding hydrogens is 346 g/mol. The van der Waals surface area contributed by atoms with Gasteiger partial charge in [0.15, 0.2) is 0 Å². The number of aryl methyl sites for hydroxylation is 2. The summed E-state index contributed by atoms with van der Waals surface area (Å²) in [5.74, 6) is -0.303. The Bertz CT molecular complexity index is 638. The fourth-order valence-corrected chi connectivity index (χ4v) is 2.30. The lowest BCUT2D eigenvalue weighted by molar-refractivity contribution is -0.121. The summed E-state index contributed by atoms with van der Waals surface area (Å²) in [6, 6.07) is 8.02. The van der Waals surface area contributed by atoms with E-state index in [9.17, 15) is 14.4 Å². The summed E-state index contributed by atoms with van der Waals surface area (Å²) < 4.78 is 5.04. The van der Waals surface area contributed by atoms with Crippen LogP contribution in [0.5, 0.6) is 0 Å². The number of amides is 3. The maximum absolute atomic E-state index is 11.9. The molecule has 7 heteroatoms. The van der Waals surface area contributed by atoms with E-state index >= 15 is 0 Å². The number of alkyl carbamates (subject to hydrolysis) is 1. The molecular formula is C20H31N3O4. The summed E-state index contributed by atoms with van der Waals surface area (Å²) in [7, 11) is 0. The standard InChI is InChI=1S/C20H31N3O4/c1-15-8-5-6-9-16(15)10-11-17(24)21-12-7-13-22-18(25)14-23-19(26)27-20(2,3)4/h5-6,8-9H,7,10-14H2,1-4H3,(H,21,24)(H,22,25)(H,23,26). The van der Waals surface area contributed by atoms with Crippen molar-refractivity contribution < 1.29 is 19.1 Å². The molecule has 0 unspecified atom stereocenters. The van der Waals surface area contributed by atoms with Crippen LogP contribution in [0.4, 0.5) is 4.79 Å². The molecule has 1 aromatic carbocycles. The number of carbonyl (C=O) groups is 3. The maximum atomic E-state index is 11.9. The average molecular weight is 377 g/mol. The lowest BCUT2D eigenvalue weighted by atomic mass is 10.0. The van der Waals surface area contributed by atoms with E-state index in [2.05, 4.69) is 16.0 Å². The van der Waals surface area contributed by atoms with Crippen molar-refractivity contribution in [3.8, 4) is 0 Å². The summed E-state index contributed by atoms with van der Waals surface area (Å²) in [5.41, 5.74) is 1.77. The Morgan fingerprint density at radius 1 is 0.963 bits per heavy atom. The van der Waals surface area contributed by atoms with E-state index in [1.54, 1.807) is 20.8 Å². The second-order valence-corrected chi connectivity index (χ2v) is 7.34. The Hall–Kier alpha value is -2.57. The number of hydrogen-bond acceptors (Lipinski definition) is 4. The Balaban J connectivity index is 2.07. The third-order valence-electron chi connectivity index (χ3n) is 3.67. The van der Waals surface area contributed by atoms with Gasteiger partial charge in [-0.3, -0.25) is 9.59 Å². The fraction of sp³-hybridized carbons (Fsp3) is 0.550. The average Bonchev–Trinajstić information content (AvgIpc) is 2.57. The van der Waals surface area contributed by atoms with Gasteiger partial charge in [-0.25, -0.2) is 4.79 Å². The van der Waals surface area contributed by atoms with Crippen LogP contribution < -0.4 is 16.0 Å². The smallest absolute Gasteiger partial charge is 0.408 e. The highest BCUT2D eigenvalue weighted by Gasteiger charge is 2.16. The van der Waals surface area contributed by atoms with E-state index < -0.39 is 11.7 Å². The van der Waals surface area contributed by atoms with Crippen LogP contribution in [-0.4, -0.2) is 43.1 Å². The van der Waals surface area contributed by atoms with Gasteiger partial charge in [-0.1, -0.05) is 24.3 Å². The van der Waals surface area contributed by atoms with Crippen molar-refractivity contribution in [1.29, 1.82) is 0 Å². The van der Waals surface area contributed by atoms with Crippen molar-refractivity contribution in [2.45, 2.75) is 52.6 Å². The number of ether oxygens (including phenoxy) is 1. The number of nitrogens with one attached hydrogen (secondary N) is 3. The van der Waals surface area contributed by atoms with Gasteiger partial charge in [-0.2, -0.15) is 0 Å². The van der Waals surface area contributed by atoms with Crippen molar-refractivity contribution in [2.75, 3.05) is 19.6 Å². The number of hydrogen-bond donors (Lipinski definition) is 3. The summed E-state index contributed by atoms with van der Waals surface area (Å²) in [4.78, 5) is 34.9. The largest absolute Gasteiger partial charge is 0.444 e. The van der Waals surface area contributed by atoms with Gasteiger partial charge in [0.2, 0.25) is 11.8 Å². The Labute approximate surface area is 161 Å². The van der Waals surface area contributed by atoms with Crippen LogP contribution >= 0.6 is 0 Å². The minimum absolute atomic E-state index is 0.00354. The van der Waals surface area contributed by atoms with Crippen LogP contribution in [-0.2, 0) is 20.7 Å². The SMILES string of the molecule is Cc1ccccc1CCC(=O)NCCCNC(=O)CNC(=O)OC(C)(C)C. The highest BCUT2D eigenvalue weighted by atomic mass is 16.6. The van der Waals surface area contributed by atoms with Crippen LogP contribution in [0.15, 0.2) is 24.3 Å². The molecule has 0 fully saturated rings. The van der Waals surface area contributed by atoms with Crippen molar-refractivity contribution >= 4 is 17.9 Å². The van der Waals surface area contributed by atoms with E-state index in [1.165, 1.54) is 11.1 Å². The molecule has 0 spiro atoms. The molecule has 1 aromatic rings. The molecule has 0 atom stereocenters. The maximum Gasteiger partial charge on any atom is 0.408 e. The highest BCUT2D eigenvalue weighted by molar-refractivity contribution is 5.82. The molecule has 150 valence electrons. The van der Waals surface area contributed by atoms with Crippen LogP contribution in [0.2, 0.25) is 0 Å². The minimum Gasteiger partial charge on any atom is -0.444 e. The van der Waals surface area contributed by atoms with Crippen LogP contribution in [0, 0.1) is 6.92 Å². The lowest BCUT2D eigenvalue weighted by Gasteiger charge is -2.19. The van der Waals surface area contributed by atoms with Crippen molar-refractivity contribution in [2.24, 2.45) is 0 Å². The Morgan fingerprint density at radius 2 is 1.59 bits per heavy atom. The van der Waals surface area contributed by atoms with E-state index in [4.69, 9.17) is 4.74 Å². The molecule has 0 heterocycles. The topological polar surface area (TPSA) is 96.5 Å². The van der Waals surface area contributed by atoms with Gasteiger partial charge in [0.1, 0.15) is 5.60 Å². The number of rotatable bonds is 9. The van der Waals surface area contributed by atoms with Gasteiger partial charge in [-0.15, -0.1) is 0 Å². The van der Waals surface area contributed by atoms with Gasteiger partial charge in [0.05, 0.1) is 6.54 Å². The first kappa shape index (κ1) is 22.5. The molecule has 0 radical (unpaired) electrons. The van der Waals surface area contributed by atoms with Crippen LogP contribution in [0.1, 0.15) is 44.7 Å². The van der Waals surface area contributed by atoms with Crippen molar-refractivity contribution in [1.82, 2.24) is 16.0 Å². The van der Waals surface area contributed by atoms with E-state index in [0.29, 0.717) is 32.4 Å². The first-order chi connectivity index (χ1) is 12.7. The quantitative estimate of drug-likeness (QED) is 0.574. The lowest BCUT2D eigenvalue weighted by Crippen LogP contribution is -2.40. The zero-order valence-corrected chi connectivity index (χ0v) is 16.7. The summed E-state index contributed by atoms with van der Waals surface area (Å²) in [6.07, 6.45) is 1.15. The third kappa shape index (κ3) is 10.9. The molecule has 0 aliphatic rings. The number of benzene rings is 1. The minimum atomic E-state index is -0.626. The number of carbonyl (C=O) groups excluding carboxylic acids is 3. The molecule has 3 N–H and O–H groups in total. The third-order valence-corrected chi connectivity index (χ3v) is 3.67. The monoisotopic (exact) mass is 377 g/mol. The molecule has 0 aliphatic carbocycles. The zero-order valence-electron chi connectivity index (χ0n) is 16.7. The molecule has 0 bridgehead atoms.